The van der Waals surface area contributed by atoms with Crippen LogP contribution in [0, 0.1) is 0 Å². The molecule has 0 spiro atoms. The van der Waals surface area contributed by atoms with Gasteiger partial charge in [0, 0.05) is 16.8 Å². The molecule has 1 aliphatic rings. The van der Waals surface area contributed by atoms with Crippen LogP contribution >= 0.6 is 0 Å². The molecule has 228 valence electrons. The lowest BCUT2D eigenvalue weighted by molar-refractivity contribution is 0.646. The van der Waals surface area contributed by atoms with E-state index >= 15 is 0 Å². The highest BCUT2D eigenvalue weighted by Crippen LogP contribution is 2.55. The third-order valence-electron chi connectivity index (χ3n) is 10.2. The number of hydrogen-bond acceptors (Lipinski definition) is 1. The molecule has 0 fully saturated rings. The highest BCUT2D eigenvalue weighted by atomic mass is 15.1. The SMILES string of the molecule is CC1(C)c2c(cccc2N(c2ccccc2)c2ccc(-c3ccccc3)cc2)-c2c(-c3ccc4ccccc4c3)ccc3cccc1c23. The van der Waals surface area contributed by atoms with Crippen LogP contribution in [0.25, 0.3) is 54.9 Å². The maximum atomic E-state index is 2.44. The third kappa shape index (κ3) is 4.47. The number of fused-ring (bicyclic) bond motifs is 3. The van der Waals surface area contributed by atoms with Gasteiger partial charge in [-0.25, -0.2) is 0 Å². The van der Waals surface area contributed by atoms with Gasteiger partial charge in [-0.2, -0.15) is 0 Å². The number of anilines is 3. The molecule has 9 rings (SSSR count). The van der Waals surface area contributed by atoms with Crippen molar-refractivity contribution in [1.29, 1.82) is 0 Å². The Morgan fingerprint density at radius 2 is 1.02 bits per heavy atom. The molecule has 0 saturated heterocycles. The Bertz CT molecular complexity index is 2460. The first-order valence-corrected chi connectivity index (χ1v) is 16.8. The normalized spacial score (nSPS) is 13.0. The molecule has 0 unspecified atom stereocenters. The van der Waals surface area contributed by atoms with E-state index in [9.17, 15) is 0 Å². The predicted octanol–water partition coefficient (Wildman–Crippen LogP) is 13.1. The predicted molar refractivity (Wildman–Crippen MR) is 205 cm³/mol. The van der Waals surface area contributed by atoms with E-state index in [-0.39, 0.29) is 5.41 Å². The van der Waals surface area contributed by atoms with E-state index < -0.39 is 0 Å². The third-order valence-corrected chi connectivity index (χ3v) is 10.2. The molecule has 1 heteroatoms. The molecule has 0 radical (unpaired) electrons. The number of para-hydroxylation sites is 1. The number of nitrogens with zero attached hydrogens (tertiary/aromatic N) is 1. The van der Waals surface area contributed by atoms with E-state index in [1.165, 1.54) is 71.7 Å². The fraction of sp³-hybridized carbons (Fsp3) is 0.0638. The maximum absolute atomic E-state index is 2.44. The lowest BCUT2D eigenvalue weighted by Crippen LogP contribution is -2.27. The topological polar surface area (TPSA) is 3.24 Å². The fourth-order valence-corrected chi connectivity index (χ4v) is 7.94. The Labute approximate surface area is 282 Å². The van der Waals surface area contributed by atoms with Gasteiger partial charge in [0.05, 0.1) is 5.69 Å². The number of rotatable bonds is 5. The highest BCUT2D eigenvalue weighted by Gasteiger charge is 2.38. The molecule has 0 heterocycles. The van der Waals surface area contributed by atoms with Gasteiger partial charge in [0.15, 0.2) is 0 Å². The summed E-state index contributed by atoms with van der Waals surface area (Å²) in [5.41, 5.74) is 13.5. The molecule has 0 N–H and O–H groups in total. The zero-order chi connectivity index (χ0) is 32.2. The Kier molecular flexibility index (Phi) is 6.55. The van der Waals surface area contributed by atoms with Crippen LogP contribution in [0.2, 0.25) is 0 Å². The molecular formula is C47H35N. The van der Waals surface area contributed by atoms with Gasteiger partial charge in [0.25, 0.3) is 0 Å². The van der Waals surface area contributed by atoms with Gasteiger partial charge >= 0.3 is 0 Å². The van der Waals surface area contributed by atoms with Crippen molar-refractivity contribution in [3.05, 3.63) is 187 Å². The second-order valence-corrected chi connectivity index (χ2v) is 13.4. The van der Waals surface area contributed by atoms with E-state index in [2.05, 4.69) is 195 Å². The van der Waals surface area contributed by atoms with Crippen molar-refractivity contribution in [3.8, 4) is 33.4 Å². The highest BCUT2D eigenvalue weighted by molar-refractivity contribution is 6.11. The van der Waals surface area contributed by atoms with Crippen LogP contribution in [0.3, 0.4) is 0 Å². The first-order chi connectivity index (χ1) is 23.6. The average Bonchev–Trinajstić information content (AvgIpc) is 3.14. The van der Waals surface area contributed by atoms with Crippen LogP contribution in [0.15, 0.2) is 176 Å². The Balaban J connectivity index is 1.31. The van der Waals surface area contributed by atoms with Gasteiger partial charge < -0.3 is 4.90 Å². The molecule has 48 heavy (non-hydrogen) atoms. The molecule has 8 aromatic carbocycles. The summed E-state index contributed by atoms with van der Waals surface area (Å²) in [4.78, 5) is 2.44. The lowest BCUT2D eigenvalue weighted by Gasteiger charge is -2.40. The Morgan fingerprint density at radius 3 is 1.81 bits per heavy atom. The molecule has 8 aromatic rings. The fourth-order valence-electron chi connectivity index (χ4n) is 7.94. The van der Waals surface area contributed by atoms with Gasteiger partial charge in [-0.3, -0.25) is 0 Å². The number of benzene rings is 8. The van der Waals surface area contributed by atoms with E-state index in [4.69, 9.17) is 0 Å². The summed E-state index contributed by atoms with van der Waals surface area (Å²) in [7, 11) is 0. The molecule has 0 saturated carbocycles. The zero-order valence-corrected chi connectivity index (χ0v) is 27.2. The summed E-state index contributed by atoms with van der Waals surface area (Å²) >= 11 is 0. The van der Waals surface area contributed by atoms with Crippen molar-refractivity contribution in [1.82, 2.24) is 0 Å². The largest absolute Gasteiger partial charge is 0.310 e. The summed E-state index contributed by atoms with van der Waals surface area (Å²) in [6.45, 7) is 4.80. The number of hydrogen-bond donors (Lipinski definition) is 0. The van der Waals surface area contributed by atoms with Crippen molar-refractivity contribution in [3.63, 3.8) is 0 Å². The van der Waals surface area contributed by atoms with Crippen LogP contribution in [-0.4, -0.2) is 0 Å². The first kappa shape index (κ1) is 28.3. The van der Waals surface area contributed by atoms with Gasteiger partial charge in [-0.05, 0) is 102 Å². The minimum Gasteiger partial charge on any atom is -0.310 e. The van der Waals surface area contributed by atoms with Gasteiger partial charge in [0.2, 0.25) is 0 Å². The minimum absolute atomic E-state index is 0.253. The monoisotopic (exact) mass is 613 g/mol. The van der Waals surface area contributed by atoms with E-state index in [1.54, 1.807) is 0 Å². The van der Waals surface area contributed by atoms with E-state index in [0.717, 1.165) is 11.4 Å². The van der Waals surface area contributed by atoms with Crippen molar-refractivity contribution in [2.45, 2.75) is 19.3 Å². The second kappa shape index (κ2) is 11.1. The molecule has 0 atom stereocenters. The second-order valence-electron chi connectivity index (χ2n) is 13.4. The van der Waals surface area contributed by atoms with Gasteiger partial charge in [-0.1, -0.05) is 153 Å². The van der Waals surface area contributed by atoms with Crippen molar-refractivity contribution in [2.24, 2.45) is 0 Å². The molecule has 1 aliphatic carbocycles. The summed E-state index contributed by atoms with van der Waals surface area (Å²) in [6.07, 6.45) is 0. The minimum atomic E-state index is -0.253. The summed E-state index contributed by atoms with van der Waals surface area (Å²) in [6, 6.07) is 64.3. The first-order valence-electron chi connectivity index (χ1n) is 16.8. The molecule has 0 aliphatic heterocycles. The van der Waals surface area contributed by atoms with Crippen LogP contribution in [0.1, 0.15) is 25.0 Å². The average molecular weight is 614 g/mol. The van der Waals surface area contributed by atoms with Gasteiger partial charge in [-0.15, -0.1) is 0 Å². The molecule has 0 amide bonds. The molecular weight excluding hydrogens is 579 g/mol. The summed E-state index contributed by atoms with van der Waals surface area (Å²) in [5, 5.41) is 5.16. The smallest absolute Gasteiger partial charge is 0.0508 e. The maximum Gasteiger partial charge on any atom is 0.0508 e. The van der Waals surface area contributed by atoms with Crippen LogP contribution in [0.4, 0.5) is 17.1 Å². The summed E-state index contributed by atoms with van der Waals surface area (Å²) < 4.78 is 0. The van der Waals surface area contributed by atoms with E-state index in [1.807, 2.05) is 0 Å². The van der Waals surface area contributed by atoms with Crippen LogP contribution in [0.5, 0.6) is 0 Å². The van der Waals surface area contributed by atoms with Crippen LogP contribution in [-0.2, 0) is 5.41 Å². The molecule has 0 aromatic heterocycles. The molecule has 0 bridgehead atoms. The van der Waals surface area contributed by atoms with Crippen molar-refractivity contribution in [2.75, 3.05) is 4.90 Å². The van der Waals surface area contributed by atoms with Crippen LogP contribution < -0.4 is 4.90 Å². The zero-order valence-electron chi connectivity index (χ0n) is 27.2. The standard InChI is InChI=1S/C47H35N/c1-47(2)42-21-11-17-35-27-30-40(37-24-23-33-15-9-10-16-36(33)31-37)45(44(35)42)41-20-12-22-43(46(41)47)48(38-18-7-4-8-19-38)39-28-25-34(26-29-39)32-13-5-3-6-14-32/h3-31H,1-2H3. The molecule has 1 nitrogen and oxygen atoms in total. The lowest BCUT2D eigenvalue weighted by atomic mass is 9.66. The van der Waals surface area contributed by atoms with Crippen molar-refractivity contribution >= 4 is 38.6 Å². The van der Waals surface area contributed by atoms with Crippen molar-refractivity contribution < 1.29 is 0 Å². The Hall–Kier alpha value is -5.92. The van der Waals surface area contributed by atoms with E-state index in [0.29, 0.717) is 0 Å². The quantitative estimate of drug-likeness (QED) is 0.187. The van der Waals surface area contributed by atoms with Gasteiger partial charge in [0.1, 0.15) is 0 Å². The Morgan fingerprint density at radius 1 is 0.417 bits per heavy atom. The summed E-state index contributed by atoms with van der Waals surface area (Å²) in [5.74, 6) is 0.